The maximum Gasteiger partial charge on any atom is 0.404 e. The van der Waals surface area contributed by atoms with Crippen LogP contribution in [0.3, 0.4) is 0 Å². The third kappa shape index (κ3) is 2.97. The first kappa shape index (κ1) is 16.7. The summed E-state index contributed by atoms with van der Waals surface area (Å²) in [7, 11) is 1.80. The Morgan fingerprint density at radius 2 is 2.29 bits per heavy atom. The molecule has 1 aromatic heterocycles. The molecular weight excluding hydrogens is 429 g/mol. The first-order valence-corrected chi connectivity index (χ1v) is 8.50. The van der Waals surface area contributed by atoms with Crippen LogP contribution in [0.25, 0.3) is 10.9 Å². The number of nitro groups is 1. The Hall–Kier alpha value is -2.11. The standard InChI is InChI=1S/C14H16IN5O4/c1-18-9-4-5-10(20(23)24)12(11(9)13(15)17-18)19-6-2-3-8(7-19)16-14(21)22/h4-5,8,16H,2-3,6-7H2,1H3,(H,21,22)/t8-/m1/s1. The van der Waals surface area contributed by atoms with E-state index in [0.717, 1.165) is 23.7 Å². The first-order valence-electron chi connectivity index (χ1n) is 7.42. The number of rotatable bonds is 3. The highest BCUT2D eigenvalue weighted by atomic mass is 127. The number of anilines is 1. The highest BCUT2D eigenvalue weighted by Gasteiger charge is 2.30. The van der Waals surface area contributed by atoms with Crippen molar-refractivity contribution in [3.05, 3.63) is 25.9 Å². The lowest BCUT2D eigenvalue weighted by Crippen LogP contribution is -2.47. The zero-order chi connectivity index (χ0) is 17.4. The summed E-state index contributed by atoms with van der Waals surface area (Å²) < 4.78 is 2.39. The lowest BCUT2D eigenvalue weighted by atomic mass is 10.0. The van der Waals surface area contributed by atoms with Crippen LogP contribution in [-0.4, -0.2) is 45.0 Å². The Kier molecular flexibility index (Phi) is 4.47. The molecule has 1 aromatic carbocycles. The van der Waals surface area contributed by atoms with Crippen molar-refractivity contribution in [1.82, 2.24) is 15.1 Å². The Labute approximate surface area is 150 Å². The smallest absolute Gasteiger partial charge is 0.404 e. The van der Waals surface area contributed by atoms with E-state index in [9.17, 15) is 14.9 Å². The summed E-state index contributed by atoms with van der Waals surface area (Å²) in [4.78, 5) is 23.9. The predicted molar refractivity (Wildman–Crippen MR) is 96.5 cm³/mol. The minimum atomic E-state index is -1.08. The zero-order valence-electron chi connectivity index (χ0n) is 12.9. The minimum absolute atomic E-state index is 0.0180. The summed E-state index contributed by atoms with van der Waals surface area (Å²) in [5, 5.41) is 28.0. The molecule has 1 amide bonds. The van der Waals surface area contributed by atoms with Crippen LogP contribution in [0.15, 0.2) is 12.1 Å². The van der Waals surface area contributed by atoms with Crippen LogP contribution < -0.4 is 10.2 Å². The van der Waals surface area contributed by atoms with Gasteiger partial charge in [0.15, 0.2) is 0 Å². The maximum absolute atomic E-state index is 11.5. The van der Waals surface area contributed by atoms with E-state index < -0.39 is 11.0 Å². The molecule has 0 radical (unpaired) electrons. The Morgan fingerprint density at radius 3 is 2.96 bits per heavy atom. The van der Waals surface area contributed by atoms with Crippen molar-refractivity contribution in [2.45, 2.75) is 18.9 Å². The fraction of sp³-hybridized carbons (Fsp3) is 0.429. The van der Waals surface area contributed by atoms with Gasteiger partial charge in [-0.25, -0.2) is 4.79 Å². The number of amides is 1. The van der Waals surface area contributed by atoms with Crippen molar-refractivity contribution in [2.24, 2.45) is 7.05 Å². The van der Waals surface area contributed by atoms with Crippen molar-refractivity contribution in [2.75, 3.05) is 18.0 Å². The minimum Gasteiger partial charge on any atom is -0.465 e. The molecule has 2 N–H and O–H groups in total. The van der Waals surface area contributed by atoms with Gasteiger partial charge < -0.3 is 15.3 Å². The van der Waals surface area contributed by atoms with E-state index in [4.69, 9.17) is 5.11 Å². The van der Waals surface area contributed by atoms with Gasteiger partial charge in [-0.1, -0.05) is 0 Å². The van der Waals surface area contributed by atoms with Crippen LogP contribution in [0.2, 0.25) is 0 Å². The number of carbonyl (C=O) groups is 1. The second kappa shape index (κ2) is 6.42. The second-order valence-corrected chi connectivity index (χ2v) is 6.76. The van der Waals surface area contributed by atoms with Gasteiger partial charge in [0, 0.05) is 32.2 Å². The molecule has 1 saturated heterocycles. The molecule has 2 heterocycles. The molecule has 1 aliphatic rings. The maximum atomic E-state index is 11.5. The SMILES string of the molecule is Cn1nc(I)c2c(N3CCC[C@@H](NC(=O)O)C3)c([N+](=O)[O-])ccc21. The Bertz CT molecular complexity index is 821. The molecule has 1 aliphatic heterocycles. The quantitative estimate of drug-likeness (QED) is 0.426. The van der Waals surface area contributed by atoms with Gasteiger partial charge in [0.05, 0.1) is 15.8 Å². The molecule has 0 saturated carbocycles. The number of aromatic nitrogens is 2. The molecule has 10 heteroatoms. The molecule has 0 unspecified atom stereocenters. The van der Waals surface area contributed by atoms with Gasteiger partial charge in [-0.3, -0.25) is 14.8 Å². The predicted octanol–water partition coefficient (Wildman–Crippen LogP) is 2.32. The largest absolute Gasteiger partial charge is 0.465 e. The molecule has 3 rings (SSSR count). The number of carboxylic acid groups (broad SMARTS) is 1. The monoisotopic (exact) mass is 445 g/mol. The number of benzene rings is 1. The van der Waals surface area contributed by atoms with E-state index in [1.165, 1.54) is 6.07 Å². The lowest BCUT2D eigenvalue weighted by Gasteiger charge is -2.34. The average Bonchev–Trinajstić information content (AvgIpc) is 2.81. The molecule has 0 aliphatic carbocycles. The van der Waals surface area contributed by atoms with Crippen LogP contribution in [0.1, 0.15) is 12.8 Å². The van der Waals surface area contributed by atoms with Crippen molar-refractivity contribution < 1.29 is 14.8 Å². The van der Waals surface area contributed by atoms with Crippen LogP contribution >= 0.6 is 22.6 Å². The van der Waals surface area contributed by atoms with Gasteiger partial charge in [-0.15, -0.1) is 0 Å². The fourth-order valence-electron chi connectivity index (χ4n) is 3.22. The first-order chi connectivity index (χ1) is 11.4. The van der Waals surface area contributed by atoms with E-state index in [2.05, 4.69) is 33.0 Å². The molecule has 9 nitrogen and oxygen atoms in total. The number of hydrogen-bond acceptors (Lipinski definition) is 5. The topological polar surface area (TPSA) is 114 Å². The van der Waals surface area contributed by atoms with Crippen molar-refractivity contribution in [3.63, 3.8) is 0 Å². The van der Waals surface area contributed by atoms with Crippen molar-refractivity contribution >= 4 is 51.0 Å². The van der Waals surface area contributed by atoms with Crippen LogP contribution in [-0.2, 0) is 7.05 Å². The Morgan fingerprint density at radius 1 is 1.54 bits per heavy atom. The van der Waals surface area contributed by atoms with Crippen molar-refractivity contribution in [1.29, 1.82) is 0 Å². The number of nitro benzene ring substituents is 1. The van der Waals surface area contributed by atoms with Crippen molar-refractivity contribution in [3.8, 4) is 0 Å². The summed E-state index contributed by atoms with van der Waals surface area (Å²) in [5.41, 5.74) is 1.35. The Balaban J connectivity index is 2.11. The summed E-state index contributed by atoms with van der Waals surface area (Å²) in [6, 6.07) is 2.94. The number of aryl methyl sites for hydroxylation is 1. The third-order valence-electron chi connectivity index (χ3n) is 4.19. The highest BCUT2D eigenvalue weighted by molar-refractivity contribution is 14.1. The van der Waals surface area contributed by atoms with Gasteiger partial charge >= 0.3 is 6.09 Å². The molecule has 0 bridgehead atoms. The fourth-order valence-corrected chi connectivity index (χ4v) is 4.07. The average molecular weight is 445 g/mol. The molecule has 128 valence electrons. The molecular formula is C14H16IN5O4. The highest BCUT2D eigenvalue weighted by Crippen LogP contribution is 2.39. The summed E-state index contributed by atoms with van der Waals surface area (Å²) in [6.45, 7) is 1.04. The van der Waals surface area contributed by atoms with E-state index in [1.54, 1.807) is 17.8 Å². The van der Waals surface area contributed by atoms with Crippen LogP contribution in [0, 0.1) is 13.8 Å². The summed E-state index contributed by atoms with van der Waals surface area (Å²) in [5.74, 6) is 0. The molecule has 24 heavy (non-hydrogen) atoms. The molecule has 0 spiro atoms. The normalized spacial score (nSPS) is 17.9. The molecule has 2 aromatic rings. The van der Waals surface area contributed by atoms with Crippen LogP contribution in [0.4, 0.5) is 16.2 Å². The molecule has 1 atom stereocenters. The zero-order valence-corrected chi connectivity index (χ0v) is 15.1. The number of halogens is 1. The van der Waals surface area contributed by atoms with Gasteiger partial charge in [-0.05, 0) is 41.5 Å². The van der Waals surface area contributed by atoms with E-state index >= 15 is 0 Å². The van der Waals surface area contributed by atoms with E-state index in [-0.39, 0.29) is 11.7 Å². The van der Waals surface area contributed by atoms with Gasteiger partial charge in [0.2, 0.25) is 0 Å². The number of fused-ring (bicyclic) bond motifs is 1. The summed E-state index contributed by atoms with van der Waals surface area (Å²) in [6.07, 6.45) is 0.400. The summed E-state index contributed by atoms with van der Waals surface area (Å²) >= 11 is 2.08. The second-order valence-electron chi connectivity index (χ2n) is 5.73. The van der Waals surface area contributed by atoms with Gasteiger partial charge in [0.1, 0.15) is 9.39 Å². The third-order valence-corrected chi connectivity index (χ3v) is 4.94. The van der Waals surface area contributed by atoms with Gasteiger partial charge in [-0.2, -0.15) is 5.10 Å². The van der Waals surface area contributed by atoms with E-state index in [0.29, 0.717) is 22.5 Å². The lowest BCUT2D eigenvalue weighted by molar-refractivity contribution is -0.384. The number of nitrogens with one attached hydrogen (secondary N) is 1. The number of piperidine rings is 1. The number of hydrogen-bond donors (Lipinski definition) is 2. The molecule has 1 fully saturated rings. The van der Waals surface area contributed by atoms with Crippen LogP contribution in [0.5, 0.6) is 0 Å². The van der Waals surface area contributed by atoms with E-state index in [1.807, 2.05) is 4.90 Å². The van der Waals surface area contributed by atoms with Gasteiger partial charge in [0.25, 0.3) is 5.69 Å². The number of nitrogens with zero attached hydrogens (tertiary/aromatic N) is 4.